The highest BCUT2D eigenvalue weighted by atomic mass is 19.4. The molecule has 13 heteroatoms. The third-order valence-corrected chi connectivity index (χ3v) is 9.97. The number of benzene rings is 2. The molecular weight excluding hydrogens is 610 g/mol. The Kier molecular flexibility index (Phi) is 8.23. The second-order valence-electron chi connectivity index (χ2n) is 13.3. The van der Waals surface area contributed by atoms with Gasteiger partial charge in [0.25, 0.3) is 5.91 Å². The van der Waals surface area contributed by atoms with Crippen LogP contribution in [0.2, 0.25) is 0 Å². The second-order valence-corrected chi connectivity index (χ2v) is 13.3. The Morgan fingerprint density at radius 3 is 2.43 bits per heavy atom. The predicted molar refractivity (Wildman–Crippen MR) is 160 cm³/mol. The van der Waals surface area contributed by atoms with E-state index < -0.39 is 48.0 Å². The molecule has 0 spiro atoms. The Balaban J connectivity index is 1.33. The first-order valence-corrected chi connectivity index (χ1v) is 15.6. The maximum absolute atomic E-state index is 16.0. The number of hydrogen-bond donors (Lipinski definition) is 0. The summed E-state index contributed by atoms with van der Waals surface area (Å²) in [5.74, 6) is -3.54. The van der Waals surface area contributed by atoms with Crippen molar-refractivity contribution >= 4 is 11.6 Å². The summed E-state index contributed by atoms with van der Waals surface area (Å²) in [6.07, 6.45) is -6.90. The third-order valence-electron chi connectivity index (χ3n) is 9.97. The molecular formula is C33H38F6N6O. The zero-order chi connectivity index (χ0) is 33.2. The van der Waals surface area contributed by atoms with Crippen molar-refractivity contribution in [3.8, 4) is 0 Å². The smallest absolute Gasteiger partial charge is 0.318 e. The van der Waals surface area contributed by atoms with Gasteiger partial charge in [-0.25, -0.2) is 13.2 Å². The van der Waals surface area contributed by atoms with Gasteiger partial charge in [-0.05, 0) is 53.4 Å². The zero-order valence-electron chi connectivity index (χ0n) is 26.3. The van der Waals surface area contributed by atoms with Crippen molar-refractivity contribution in [1.29, 1.82) is 0 Å². The monoisotopic (exact) mass is 648 g/mol. The summed E-state index contributed by atoms with van der Waals surface area (Å²) >= 11 is 0. The van der Waals surface area contributed by atoms with E-state index in [0.717, 1.165) is 25.7 Å². The van der Waals surface area contributed by atoms with Gasteiger partial charge in [0.05, 0.1) is 12.1 Å². The number of likely N-dealkylation sites (N-methyl/N-ethyl adjacent to an activating group) is 1. The van der Waals surface area contributed by atoms with Crippen molar-refractivity contribution in [2.24, 2.45) is 13.0 Å². The van der Waals surface area contributed by atoms with E-state index in [-0.39, 0.29) is 53.3 Å². The normalized spacial score (nSPS) is 22.3. The average molecular weight is 649 g/mol. The van der Waals surface area contributed by atoms with Crippen LogP contribution in [0.1, 0.15) is 78.2 Å². The number of aryl methyl sites for hydroxylation is 1. The van der Waals surface area contributed by atoms with Gasteiger partial charge in [0.15, 0.2) is 12.0 Å². The highest BCUT2D eigenvalue weighted by Gasteiger charge is 2.63. The molecule has 0 radical (unpaired) electrons. The number of nitrogens with zero attached hydrogens (tertiary/aromatic N) is 6. The maximum Gasteiger partial charge on any atom is 0.416 e. The van der Waals surface area contributed by atoms with Gasteiger partial charge >= 0.3 is 6.18 Å². The summed E-state index contributed by atoms with van der Waals surface area (Å²) in [5, 5.41) is 7.48. The van der Waals surface area contributed by atoms with E-state index in [0.29, 0.717) is 12.1 Å². The van der Waals surface area contributed by atoms with Crippen LogP contribution in [0.15, 0.2) is 42.7 Å². The van der Waals surface area contributed by atoms with Crippen LogP contribution in [-0.2, 0) is 31.7 Å². The van der Waals surface area contributed by atoms with Crippen molar-refractivity contribution in [1.82, 2.24) is 24.6 Å². The SMILES string of the molecule is CCN1CCN(Cc2cc3c(c(C(F)(F)F)c2)CN(c2cccc(C4([C@H](F)c5nncn5C)CC(F)(F)C4)c2)C3=O)[C@@H](C(C)C)C1. The Morgan fingerprint density at radius 1 is 1.09 bits per heavy atom. The lowest BCUT2D eigenvalue weighted by Gasteiger charge is -2.49. The molecule has 248 valence electrons. The molecule has 1 saturated heterocycles. The molecule has 1 saturated carbocycles. The first-order chi connectivity index (χ1) is 21.6. The van der Waals surface area contributed by atoms with Gasteiger partial charge < -0.3 is 14.4 Å². The minimum atomic E-state index is -4.70. The third kappa shape index (κ3) is 5.69. The Morgan fingerprint density at radius 2 is 1.83 bits per heavy atom. The van der Waals surface area contributed by atoms with E-state index in [1.54, 1.807) is 6.07 Å². The number of halogens is 6. The molecule has 2 fully saturated rings. The number of hydrogen-bond acceptors (Lipinski definition) is 5. The van der Waals surface area contributed by atoms with Crippen LogP contribution in [0.3, 0.4) is 0 Å². The molecule has 3 aromatic rings. The van der Waals surface area contributed by atoms with Crippen LogP contribution in [0.5, 0.6) is 0 Å². The van der Waals surface area contributed by atoms with Gasteiger partial charge in [-0.1, -0.05) is 32.9 Å². The fourth-order valence-corrected chi connectivity index (χ4v) is 7.43. The molecule has 0 bridgehead atoms. The average Bonchev–Trinajstić information content (AvgIpc) is 3.57. The highest BCUT2D eigenvalue weighted by Crippen LogP contribution is 2.60. The van der Waals surface area contributed by atoms with E-state index in [9.17, 15) is 26.7 Å². The Hall–Kier alpha value is -3.45. The number of fused-ring (bicyclic) bond motifs is 1. The van der Waals surface area contributed by atoms with E-state index >= 15 is 4.39 Å². The Labute approximate surface area is 264 Å². The summed E-state index contributed by atoms with van der Waals surface area (Å²) in [4.78, 5) is 19.5. The number of piperazine rings is 1. The molecule has 2 atom stereocenters. The van der Waals surface area contributed by atoms with E-state index in [1.165, 1.54) is 47.1 Å². The van der Waals surface area contributed by atoms with Crippen LogP contribution >= 0.6 is 0 Å². The lowest BCUT2D eigenvalue weighted by atomic mass is 9.59. The molecule has 2 aromatic carbocycles. The number of carbonyl (C=O) groups excluding carboxylic acids is 1. The molecule has 3 aliphatic rings. The summed E-state index contributed by atoms with van der Waals surface area (Å²) in [7, 11) is 1.52. The lowest BCUT2D eigenvalue weighted by Crippen LogP contribution is -2.54. The van der Waals surface area contributed by atoms with E-state index in [2.05, 4.69) is 40.8 Å². The number of anilines is 1. The van der Waals surface area contributed by atoms with Crippen LogP contribution in [-0.4, -0.2) is 68.6 Å². The number of rotatable bonds is 8. The van der Waals surface area contributed by atoms with Crippen molar-refractivity contribution in [2.45, 2.75) is 76.4 Å². The van der Waals surface area contributed by atoms with Crippen LogP contribution < -0.4 is 4.90 Å². The standard InChI is InChI=1S/C33H38F6N6O/c1-5-43-9-10-44(27(16-43)20(2)3)14-21-11-24-25(26(12-21)33(37,38)39)15-45(30(24)46)23-8-6-7-22(13-23)31(17-32(35,36)18-31)28(34)29-41-40-19-42(29)4/h6-8,11-13,19-20,27-28H,5,9-10,14-18H2,1-4H3/t27-,28-/m1/s1. The highest BCUT2D eigenvalue weighted by molar-refractivity contribution is 6.10. The number of alkyl halides is 6. The van der Waals surface area contributed by atoms with Gasteiger partial charge in [0, 0.05) is 68.8 Å². The first kappa shape index (κ1) is 32.5. The summed E-state index contributed by atoms with van der Waals surface area (Å²) in [5.41, 5.74) is -1.83. The molecule has 1 amide bonds. The van der Waals surface area contributed by atoms with Crippen LogP contribution in [0.25, 0.3) is 0 Å². The first-order valence-electron chi connectivity index (χ1n) is 15.6. The van der Waals surface area contributed by atoms with Gasteiger partial charge in [-0.2, -0.15) is 13.2 Å². The fraction of sp³-hybridized carbons (Fsp3) is 0.545. The zero-order valence-corrected chi connectivity index (χ0v) is 26.3. The van der Waals surface area contributed by atoms with Crippen molar-refractivity contribution in [3.05, 3.63) is 76.4 Å². The maximum atomic E-state index is 16.0. The number of amides is 1. The van der Waals surface area contributed by atoms with E-state index in [4.69, 9.17) is 0 Å². The topological polar surface area (TPSA) is 57.5 Å². The van der Waals surface area contributed by atoms with Crippen LogP contribution in [0, 0.1) is 5.92 Å². The van der Waals surface area contributed by atoms with Gasteiger partial charge in [0.2, 0.25) is 5.92 Å². The Bertz CT molecular complexity index is 1610. The molecule has 46 heavy (non-hydrogen) atoms. The van der Waals surface area contributed by atoms with Crippen LogP contribution in [0.4, 0.5) is 32.0 Å². The summed E-state index contributed by atoms with van der Waals surface area (Å²) < 4.78 is 89.5. The fourth-order valence-electron chi connectivity index (χ4n) is 7.43. The summed E-state index contributed by atoms with van der Waals surface area (Å²) in [6, 6.07) is 8.85. The number of carbonyl (C=O) groups is 1. The molecule has 0 unspecified atom stereocenters. The van der Waals surface area contributed by atoms with Gasteiger partial charge in [-0.3, -0.25) is 9.69 Å². The van der Waals surface area contributed by atoms with Crippen molar-refractivity contribution in [3.63, 3.8) is 0 Å². The molecule has 3 heterocycles. The van der Waals surface area contributed by atoms with Gasteiger partial charge in [-0.15, -0.1) is 10.2 Å². The van der Waals surface area contributed by atoms with Gasteiger partial charge in [0.1, 0.15) is 6.33 Å². The molecule has 2 aliphatic heterocycles. The summed E-state index contributed by atoms with van der Waals surface area (Å²) in [6.45, 7) is 9.44. The molecule has 1 aromatic heterocycles. The molecule has 0 N–H and O–H groups in total. The molecule has 7 nitrogen and oxygen atoms in total. The minimum absolute atomic E-state index is 0.0316. The quantitative estimate of drug-likeness (QED) is 0.260. The van der Waals surface area contributed by atoms with Crippen molar-refractivity contribution in [2.75, 3.05) is 31.1 Å². The molecule has 1 aliphatic carbocycles. The predicted octanol–water partition coefficient (Wildman–Crippen LogP) is 6.53. The molecule has 6 rings (SSSR count). The largest absolute Gasteiger partial charge is 0.416 e. The van der Waals surface area contributed by atoms with E-state index in [1.807, 2.05) is 0 Å². The van der Waals surface area contributed by atoms with Crippen molar-refractivity contribution < 1.29 is 31.1 Å². The lowest BCUT2D eigenvalue weighted by molar-refractivity contribution is -0.151. The second kappa shape index (κ2) is 11.7. The number of aromatic nitrogens is 3. The minimum Gasteiger partial charge on any atom is -0.318 e.